The van der Waals surface area contributed by atoms with Crippen LogP contribution in [0.3, 0.4) is 0 Å². The first-order valence-electron chi connectivity index (χ1n) is 7.93. The van der Waals surface area contributed by atoms with E-state index in [0.29, 0.717) is 18.3 Å². The van der Waals surface area contributed by atoms with Crippen molar-refractivity contribution in [1.82, 2.24) is 10.1 Å². The Kier molecular flexibility index (Phi) is 3.85. The third-order valence-corrected chi connectivity index (χ3v) is 3.97. The van der Waals surface area contributed by atoms with Gasteiger partial charge >= 0.3 is 0 Å². The zero-order chi connectivity index (χ0) is 17.2. The molecular formula is C19H17N3O3. The van der Waals surface area contributed by atoms with Gasteiger partial charge in [0.15, 0.2) is 11.3 Å². The molecule has 0 unspecified atom stereocenters. The van der Waals surface area contributed by atoms with Gasteiger partial charge in [-0.3, -0.25) is 0 Å². The van der Waals surface area contributed by atoms with Gasteiger partial charge in [0.2, 0.25) is 0 Å². The summed E-state index contributed by atoms with van der Waals surface area (Å²) in [5.74, 6) is 1.50. The summed E-state index contributed by atoms with van der Waals surface area (Å²) in [5, 5.41) is 7.23. The van der Waals surface area contributed by atoms with Crippen LogP contribution in [0.15, 0.2) is 57.5 Å². The third kappa shape index (κ3) is 3.06. The molecule has 0 amide bonds. The molecule has 0 saturated heterocycles. The maximum atomic E-state index is 5.74. The zero-order valence-corrected chi connectivity index (χ0v) is 13.9. The molecule has 25 heavy (non-hydrogen) atoms. The average Bonchev–Trinajstić information content (AvgIpc) is 3.27. The number of oxazole rings is 1. The second-order valence-corrected chi connectivity index (χ2v) is 5.70. The van der Waals surface area contributed by atoms with Crippen molar-refractivity contribution in [2.45, 2.75) is 13.5 Å². The summed E-state index contributed by atoms with van der Waals surface area (Å²) in [6.07, 6.45) is 0. The number of nitrogens with zero attached hydrogens (tertiary/aromatic N) is 2. The normalized spacial score (nSPS) is 11.0. The molecule has 0 spiro atoms. The Bertz CT molecular complexity index is 1000. The number of methoxy groups -OCH3 is 1. The monoisotopic (exact) mass is 335 g/mol. The van der Waals surface area contributed by atoms with Gasteiger partial charge in [-0.05, 0) is 42.8 Å². The minimum Gasteiger partial charge on any atom is -0.497 e. The Morgan fingerprint density at radius 2 is 1.96 bits per heavy atom. The third-order valence-electron chi connectivity index (χ3n) is 3.97. The molecular weight excluding hydrogens is 318 g/mol. The quantitative estimate of drug-likeness (QED) is 0.582. The Hall–Kier alpha value is -3.28. The lowest BCUT2D eigenvalue weighted by Gasteiger charge is -1.99. The van der Waals surface area contributed by atoms with Crippen LogP contribution in [0.4, 0.5) is 6.01 Å². The molecule has 2 aromatic carbocycles. The molecule has 0 saturated carbocycles. The molecule has 6 nitrogen and oxygen atoms in total. The van der Waals surface area contributed by atoms with E-state index in [1.807, 2.05) is 55.5 Å². The molecule has 4 rings (SSSR count). The smallest absolute Gasteiger partial charge is 0.296 e. The molecule has 0 bridgehead atoms. The van der Waals surface area contributed by atoms with Crippen LogP contribution in [0.2, 0.25) is 0 Å². The summed E-state index contributed by atoms with van der Waals surface area (Å²) < 4.78 is 16.3. The zero-order valence-electron chi connectivity index (χ0n) is 13.9. The Labute approximate surface area is 144 Å². The van der Waals surface area contributed by atoms with E-state index in [1.54, 1.807) is 7.11 Å². The minimum atomic E-state index is 0.440. The van der Waals surface area contributed by atoms with Crippen molar-refractivity contribution in [3.63, 3.8) is 0 Å². The van der Waals surface area contributed by atoms with Crippen molar-refractivity contribution < 1.29 is 13.7 Å². The molecule has 0 radical (unpaired) electrons. The largest absolute Gasteiger partial charge is 0.497 e. The number of aromatic nitrogens is 2. The second kappa shape index (κ2) is 6.32. The Morgan fingerprint density at radius 3 is 2.72 bits per heavy atom. The van der Waals surface area contributed by atoms with E-state index in [-0.39, 0.29) is 0 Å². The van der Waals surface area contributed by atoms with Crippen molar-refractivity contribution >= 4 is 17.1 Å². The van der Waals surface area contributed by atoms with Gasteiger partial charge in [0.05, 0.1) is 13.7 Å². The fourth-order valence-corrected chi connectivity index (χ4v) is 2.62. The van der Waals surface area contributed by atoms with E-state index < -0.39 is 0 Å². The van der Waals surface area contributed by atoms with Crippen molar-refractivity contribution in [1.29, 1.82) is 0 Å². The molecule has 0 aliphatic rings. The van der Waals surface area contributed by atoms with E-state index in [4.69, 9.17) is 13.7 Å². The van der Waals surface area contributed by atoms with E-state index in [1.165, 1.54) is 0 Å². The van der Waals surface area contributed by atoms with E-state index in [0.717, 1.165) is 33.7 Å². The number of ether oxygens (including phenoxy) is 1. The van der Waals surface area contributed by atoms with Gasteiger partial charge in [0.1, 0.15) is 17.0 Å². The van der Waals surface area contributed by atoms with Crippen LogP contribution < -0.4 is 10.1 Å². The van der Waals surface area contributed by atoms with Gasteiger partial charge in [-0.25, -0.2) is 0 Å². The topological polar surface area (TPSA) is 73.3 Å². The second-order valence-electron chi connectivity index (χ2n) is 5.70. The Balaban J connectivity index is 1.47. The number of aryl methyl sites for hydroxylation is 1. The van der Waals surface area contributed by atoms with E-state index in [9.17, 15) is 0 Å². The molecule has 1 N–H and O–H groups in total. The van der Waals surface area contributed by atoms with E-state index in [2.05, 4.69) is 15.5 Å². The summed E-state index contributed by atoms with van der Waals surface area (Å²) in [4.78, 5) is 4.42. The van der Waals surface area contributed by atoms with Gasteiger partial charge in [-0.2, -0.15) is 4.98 Å². The summed E-state index contributed by atoms with van der Waals surface area (Å²) in [6, 6.07) is 15.9. The van der Waals surface area contributed by atoms with Crippen molar-refractivity contribution in [2.75, 3.05) is 12.4 Å². The molecule has 0 aliphatic heterocycles. The fraction of sp³-hybridized carbons (Fsp3) is 0.158. The maximum Gasteiger partial charge on any atom is 0.296 e. The van der Waals surface area contributed by atoms with Crippen molar-refractivity contribution in [3.05, 3.63) is 59.9 Å². The maximum absolute atomic E-state index is 5.74. The van der Waals surface area contributed by atoms with Crippen LogP contribution in [0.5, 0.6) is 5.75 Å². The van der Waals surface area contributed by atoms with Gasteiger partial charge in [0, 0.05) is 11.6 Å². The molecule has 126 valence electrons. The number of benzene rings is 2. The van der Waals surface area contributed by atoms with Crippen LogP contribution in [0.1, 0.15) is 11.3 Å². The number of nitrogens with one attached hydrogen (secondary N) is 1. The lowest BCUT2D eigenvalue weighted by Crippen LogP contribution is -1.97. The molecule has 0 fully saturated rings. The van der Waals surface area contributed by atoms with Gasteiger partial charge in [-0.1, -0.05) is 17.3 Å². The summed E-state index contributed by atoms with van der Waals surface area (Å²) in [5.41, 5.74) is 4.42. The molecule has 4 aromatic rings. The highest BCUT2D eigenvalue weighted by molar-refractivity contribution is 5.77. The molecule has 2 heterocycles. The standard InChI is InChI=1S/C19H17N3O3/c1-12-4-3-5-16-18(12)24-19(21-16)20-11-15-10-17(22-25-15)13-6-8-14(23-2)9-7-13/h3-10H,11H2,1-2H3,(H,20,21). The number of rotatable bonds is 5. The van der Waals surface area contributed by atoms with Gasteiger partial charge in [0.25, 0.3) is 6.01 Å². The number of hydrogen-bond donors (Lipinski definition) is 1. The average molecular weight is 335 g/mol. The predicted octanol–water partition coefficient (Wildman–Crippen LogP) is 4.41. The lowest BCUT2D eigenvalue weighted by molar-refractivity contribution is 0.389. The molecule has 0 atom stereocenters. The summed E-state index contributed by atoms with van der Waals surface area (Å²) >= 11 is 0. The summed E-state index contributed by atoms with van der Waals surface area (Å²) in [6.45, 7) is 2.43. The highest BCUT2D eigenvalue weighted by atomic mass is 16.5. The molecule has 0 aliphatic carbocycles. The van der Waals surface area contributed by atoms with Crippen LogP contribution in [0, 0.1) is 6.92 Å². The SMILES string of the molecule is COc1ccc(-c2cc(CNc3nc4cccc(C)c4o3)on2)cc1. The van der Waals surface area contributed by atoms with Crippen LogP contribution in [0.25, 0.3) is 22.4 Å². The van der Waals surface area contributed by atoms with Crippen LogP contribution >= 0.6 is 0 Å². The highest BCUT2D eigenvalue weighted by Gasteiger charge is 2.10. The van der Waals surface area contributed by atoms with Crippen LogP contribution in [-0.4, -0.2) is 17.3 Å². The first-order chi connectivity index (χ1) is 12.2. The van der Waals surface area contributed by atoms with Gasteiger partial charge in [-0.15, -0.1) is 0 Å². The Morgan fingerprint density at radius 1 is 1.12 bits per heavy atom. The lowest BCUT2D eigenvalue weighted by atomic mass is 10.1. The minimum absolute atomic E-state index is 0.440. The summed E-state index contributed by atoms with van der Waals surface area (Å²) in [7, 11) is 1.64. The van der Waals surface area contributed by atoms with Crippen LogP contribution in [-0.2, 0) is 6.54 Å². The highest BCUT2D eigenvalue weighted by Crippen LogP contribution is 2.24. The van der Waals surface area contributed by atoms with Crippen molar-refractivity contribution in [2.24, 2.45) is 0 Å². The fourth-order valence-electron chi connectivity index (χ4n) is 2.62. The van der Waals surface area contributed by atoms with Gasteiger partial charge < -0.3 is 19.0 Å². The number of hydrogen-bond acceptors (Lipinski definition) is 6. The number of anilines is 1. The molecule has 6 heteroatoms. The number of para-hydroxylation sites is 1. The first-order valence-corrected chi connectivity index (χ1v) is 7.93. The van der Waals surface area contributed by atoms with E-state index >= 15 is 0 Å². The van der Waals surface area contributed by atoms with Crippen molar-refractivity contribution in [3.8, 4) is 17.0 Å². The first kappa shape index (κ1) is 15.3. The number of fused-ring (bicyclic) bond motifs is 1. The predicted molar refractivity (Wildman–Crippen MR) is 94.6 cm³/mol. The molecule has 2 aromatic heterocycles.